The van der Waals surface area contributed by atoms with E-state index in [1.165, 1.54) is 28.1 Å². The second-order valence-electron chi connectivity index (χ2n) is 6.34. The number of nitrogens with zero attached hydrogens (tertiary/aromatic N) is 2. The van der Waals surface area contributed by atoms with E-state index in [2.05, 4.69) is 78.0 Å². The molecular formula is C22H23F3N2O2. The van der Waals surface area contributed by atoms with Gasteiger partial charge in [-0.1, -0.05) is 62.4 Å². The average molecular weight is 404 g/mol. The maximum atomic E-state index is 10.6. The first-order valence-electron chi connectivity index (χ1n) is 9.23. The quantitative estimate of drug-likeness (QED) is 0.623. The molecule has 0 bridgehead atoms. The van der Waals surface area contributed by atoms with Crippen molar-refractivity contribution in [2.45, 2.75) is 39.4 Å². The summed E-state index contributed by atoms with van der Waals surface area (Å²) in [4.78, 5) is 13.4. The summed E-state index contributed by atoms with van der Waals surface area (Å²) in [7, 11) is 0. The minimum Gasteiger partial charge on any atom is -0.475 e. The Balaban J connectivity index is 0.000000370. The van der Waals surface area contributed by atoms with Crippen molar-refractivity contribution in [2.24, 2.45) is 0 Å². The van der Waals surface area contributed by atoms with Crippen LogP contribution < -0.4 is 0 Å². The van der Waals surface area contributed by atoms with E-state index in [9.17, 15) is 13.2 Å². The SMILES string of the molecule is CCc1ncn(Cc2cccc(-c3ccccc3)c2)c1CC.O=C(O)C(F)(F)F. The Hall–Kier alpha value is -3.09. The highest BCUT2D eigenvalue weighted by Crippen LogP contribution is 2.21. The van der Waals surface area contributed by atoms with Gasteiger partial charge in [-0.05, 0) is 35.6 Å². The number of rotatable bonds is 5. The Kier molecular flexibility index (Phi) is 7.59. The van der Waals surface area contributed by atoms with E-state index in [1.807, 2.05) is 6.33 Å². The summed E-state index contributed by atoms with van der Waals surface area (Å²) in [6, 6.07) is 19.3. The maximum Gasteiger partial charge on any atom is 0.490 e. The van der Waals surface area contributed by atoms with Crippen LogP contribution >= 0.6 is 0 Å². The molecule has 0 atom stereocenters. The van der Waals surface area contributed by atoms with Crippen molar-refractivity contribution in [3.05, 3.63) is 77.9 Å². The number of imidazole rings is 1. The summed E-state index contributed by atoms with van der Waals surface area (Å²) in [5, 5.41) is 7.12. The van der Waals surface area contributed by atoms with Crippen molar-refractivity contribution in [2.75, 3.05) is 0 Å². The van der Waals surface area contributed by atoms with Gasteiger partial charge in [0, 0.05) is 12.2 Å². The zero-order valence-electron chi connectivity index (χ0n) is 16.3. The zero-order valence-corrected chi connectivity index (χ0v) is 16.3. The lowest BCUT2D eigenvalue weighted by Gasteiger charge is -2.10. The van der Waals surface area contributed by atoms with E-state index in [4.69, 9.17) is 9.90 Å². The number of hydrogen-bond donors (Lipinski definition) is 1. The molecule has 3 rings (SSSR count). The molecule has 1 heterocycles. The Bertz CT molecular complexity index is 935. The number of benzene rings is 2. The number of carboxylic acid groups (broad SMARTS) is 1. The topological polar surface area (TPSA) is 55.1 Å². The summed E-state index contributed by atoms with van der Waals surface area (Å²) in [5.74, 6) is -2.76. The fourth-order valence-corrected chi connectivity index (χ4v) is 2.96. The molecule has 7 heteroatoms. The van der Waals surface area contributed by atoms with Crippen LogP contribution in [-0.2, 0) is 24.2 Å². The van der Waals surface area contributed by atoms with Crippen LogP contribution in [0.1, 0.15) is 30.8 Å². The van der Waals surface area contributed by atoms with Gasteiger partial charge in [-0.15, -0.1) is 0 Å². The molecule has 0 radical (unpaired) electrons. The molecule has 0 amide bonds. The van der Waals surface area contributed by atoms with Gasteiger partial charge in [0.1, 0.15) is 0 Å². The minimum atomic E-state index is -5.08. The van der Waals surface area contributed by atoms with Gasteiger partial charge in [0.15, 0.2) is 0 Å². The van der Waals surface area contributed by atoms with Crippen LogP contribution in [0.4, 0.5) is 13.2 Å². The standard InChI is InChI=1S/C20H22N2.C2HF3O2/c1-3-19-20(4-2)22(15-21-19)14-16-9-8-12-18(13-16)17-10-6-5-7-11-17;3-2(4,5)1(6)7/h5-13,15H,3-4,14H2,1-2H3;(H,6,7). The number of aliphatic carboxylic acids is 1. The third-order valence-electron chi connectivity index (χ3n) is 4.33. The molecule has 0 saturated carbocycles. The first-order chi connectivity index (χ1) is 13.8. The highest BCUT2D eigenvalue weighted by atomic mass is 19.4. The molecule has 4 nitrogen and oxygen atoms in total. The van der Waals surface area contributed by atoms with E-state index in [0.717, 1.165) is 19.4 Å². The predicted molar refractivity (Wildman–Crippen MR) is 106 cm³/mol. The first kappa shape index (κ1) is 22.2. The highest BCUT2D eigenvalue weighted by molar-refractivity contribution is 5.73. The first-order valence-corrected chi connectivity index (χ1v) is 9.23. The molecule has 29 heavy (non-hydrogen) atoms. The molecule has 1 aromatic heterocycles. The number of halogens is 3. The van der Waals surface area contributed by atoms with E-state index in [0.29, 0.717) is 0 Å². The third kappa shape index (κ3) is 6.20. The summed E-state index contributed by atoms with van der Waals surface area (Å²) >= 11 is 0. The van der Waals surface area contributed by atoms with Gasteiger partial charge in [-0.2, -0.15) is 13.2 Å². The normalized spacial score (nSPS) is 10.9. The third-order valence-corrected chi connectivity index (χ3v) is 4.33. The number of carbonyl (C=O) groups is 1. The molecule has 154 valence electrons. The van der Waals surface area contributed by atoms with E-state index < -0.39 is 12.1 Å². The number of hydrogen-bond acceptors (Lipinski definition) is 2. The van der Waals surface area contributed by atoms with Crippen LogP contribution in [0, 0.1) is 0 Å². The minimum absolute atomic E-state index is 0.886. The van der Waals surface area contributed by atoms with Crippen LogP contribution in [0.5, 0.6) is 0 Å². The van der Waals surface area contributed by atoms with Gasteiger partial charge in [-0.25, -0.2) is 9.78 Å². The zero-order chi connectivity index (χ0) is 21.4. The van der Waals surface area contributed by atoms with Gasteiger partial charge in [0.2, 0.25) is 0 Å². The molecule has 0 aliphatic heterocycles. The van der Waals surface area contributed by atoms with Crippen molar-refractivity contribution < 1.29 is 23.1 Å². The lowest BCUT2D eigenvalue weighted by molar-refractivity contribution is -0.192. The van der Waals surface area contributed by atoms with Crippen LogP contribution in [0.3, 0.4) is 0 Å². The molecule has 3 aromatic rings. The molecule has 0 fully saturated rings. The Morgan fingerprint density at radius 3 is 2.17 bits per heavy atom. The van der Waals surface area contributed by atoms with Crippen LogP contribution in [0.2, 0.25) is 0 Å². The number of carboxylic acids is 1. The maximum absolute atomic E-state index is 10.6. The van der Waals surface area contributed by atoms with Gasteiger partial charge in [0.25, 0.3) is 0 Å². The lowest BCUT2D eigenvalue weighted by Crippen LogP contribution is -2.21. The van der Waals surface area contributed by atoms with E-state index in [-0.39, 0.29) is 0 Å². The van der Waals surface area contributed by atoms with Gasteiger partial charge >= 0.3 is 12.1 Å². The molecule has 1 N–H and O–H groups in total. The van der Waals surface area contributed by atoms with Crippen LogP contribution in [0.15, 0.2) is 60.9 Å². The number of alkyl halides is 3. The van der Waals surface area contributed by atoms with Crippen LogP contribution in [-0.4, -0.2) is 26.8 Å². The van der Waals surface area contributed by atoms with Crippen molar-refractivity contribution in [1.29, 1.82) is 0 Å². The predicted octanol–water partition coefficient (Wildman–Crippen LogP) is 5.36. The van der Waals surface area contributed by atoms with Gasteiger partial charge in [-0.3, -0.25) is 0 Å². The van der Waals surface area contributed by atoms with Gasteiger partial charge in [0.05, 0.1) is 12.0 Å². The second kappa shape index (κ2) is 9.91. The summed E-state index contributed by atoms with van der Waals surface area (Å²) in [6.45, 7) is 5.26. The van der Waals surface area contributed by atoms with Crippen LogP contribution in [0.25, 0.3) is 11.1 Å². The summed E-state index contributed by atoms with van der Waals surface area (Å²) in [6.07, 6.45) is -1.07. The molecular weight excluding hydrogens is 381 g/mol. The smallest absolute Gasteiger partial charge is 0.475 e. The van der Waals surface area contributed by atoms with Crippen molar-refractivity contribution in [1.82, 2.24) is 9.55 Å². The fraction of sp³-hybridized carbons (Fsp3) is 0.273. The molecule has 0 spiro atoms. The number of aryl methyl sites for hydroxylation is 1. The molecule has 0 unspecified atom stereocenters. The Morgan fingerprint density at radius 2 is 1.62 bits per heavy atom. The second-order valence-corrected chi connectivity index (χ2v) is 6.34. The molecule has 0 aliphatic carbocycles. The summed E-state index contributed by atoms with van der Waals surface area (Å²) < 4.78 is 34.0. The fourth-order valence-electron chi connectivity index (χ4n) is 2.96. The van der Waals surface area contributed by atoms with Crippen molar-refractivity contribution in [3.8, 4) is 11.1 Å². The van der Waals surface area contributed by atoms with Crippen molar-refractivity contribution >= 4 is 5.97 Å². The molecule has 0 saturated heterocycles. The average Bonchev–Trinajstić information content (AvgIpc) is 3.10. The molecule has 0 aliphatic rings. The Labute approximate surface area is 167 Å². The molecule has 2 aromatic carbocycles. The lowest BCUT2D eigenvalue weighted by atomic mass is 10.0. The van der Waals surface area contributed by atoms with E-state index in [1.54, 1.807) is 0 Å². The number of aromatic nitrogens is 2. The summed E-state index contributed by atoms with van der Waals surface area (Å²) in [5.41, 5.74) is 6.43. The Morgan fingerprint density at radius 1 is 1.00 bits per heavy atom. The largest absolute Gasteiger partial charge is 0.490 e. The monoisotopic (exact) mass is 404 g/mol. The van der Waals surface area contributed by atoms with Gasteiger partial charge < -0.3 is 9.67 Å². The van der Waals surface area contributed by atoms with Crippen molar-refractivity contribution in [3.63, 3.8) is 0 Å². The highest BCUT2D eigenvalue weighted by Gasteiger charge is 2.38. The van der Waals surface area contributed by atoms with E-state index >= 15 is 0 Å².